The van der Waals surface area contributed by atoms with Crippen LogP contribution in [0.2, 0.25) is 5.02 Å². The Morgan fingerprint density at radius 1 is 1.38 bits per heavy atom. The standard InChI is InChI=1S/C19H28ClN3O3/c1-4-10-22(3)16(14-5-7-15(20)8-6-14)12-21-18(26)23-11-9-19(2,13-23)17(24)25/h5-8,16H,4,9-13H2,1-3H3,(H,21,26)(H,24,25). The van der Waals surface area contributed by atoms with Crippen LogP contribution in [0.5, 0.6) is 0 Å². The van der Waals surface area contributed by atoms with Crippen molar-refractivity contribution in [1.82, 2.24) is 15.1 Å². The van der Waals surface area contributed by atoms with E-state index in [0.717, 1.165) is 18.5 Å². The van der Waals surface area contributed by atoms with Gasteiger partial charge in [-0.15, -0.1) is 0 Å². The molecule has 2 rings (SSSR count). The first-order chi connectivity index (χ1) is 12.3. The number of urea groups is 1. The van der Waals surface area contributed by atoms with Crippen molar-refractivity contribution < 1.29 is 14.7 Å². The second kappa shape index (κ2) is 8.73. The summed E-state index contributed by atoms with van der Waals surface area (Å²) in [4.78, 5) is 27.7. The van der Waals surface area contributed by atoms with Gasteiger partial charge >= 0.3 is 12.0 Å². The lowest BCUT2D eigenvalue weighted by atomic mass is 9.90. The molecule has 2 atom stereocenters. The first-order valence-corrected chi connectivity index (χ1v) is 9.36. The summed E-state index contributed by atoms with van der Waals surface area (Å²) in [6, 6.07) is 7.48. The first kappa shape index (κ1) is 20.5. The van der Waals surface area contributed by atoms with Gasteiger partial charge in [0.05, 0.1) is 11.5 Å². The SMILES string of the molecule is CCCN(C)C(CNC(=O)N1CCC(C)(C(=O)O)C1)c1ccc(Cl)cc1. The van der Waals surface area contributed by atoms with E-state index in [-0.39, 0.29) is 18.6 Å². The molecule has 144 valence electrons. The second-order valence-corrected chi connectivity index (χ2v) is 7.71. The lowest BCUT2D eigenvalue weighted by Gasteiger charge is -2.29. The largest absolute Gasteiger partial charge is 0.481 e. The van der Waals surface area contributed by atoms with Gasteiger partial charge in [-0.05, 0) is 51.1 Å². The van der Waals surface area contributed by atoms with Gasteiger partial charge in [-0.1, -0.05) is 30.7 Å². The molecule has 1 fully saturated rings. The van der Waals surface area contributed by atoms with Gasteiger partial charge in [0.25, 0.3) is 0 Å². The van der Waals surface area contributed by atoms with E-state index >= 15 is 0 Å². The summed E-state index contributed by atoms with van der Waals surface area (Å²) < 4.78 is 0. The number of hydrogen-bond acceptors (Lipinski definition) is 3. The smallest absolute Gasteiger partial charge is 0.317 e. The van der Waals surface area contributed by atoms with E-state index in [2.05, 4.69) is 17.1 Å². The Morgan fingerprint density at radius 3 is 2.58 bits per heavy atom. The van der Waals surface area contributed by atoms with Gasteiger partial charge in [-0.2, -0.15) is 0 Å². The van der Waals surface area contributed by atoms with E-state index < -0.39 is 11.4 Å². The number of likely N-dealkylation sites (N-methyl/N-ethyl adjacent to an activating group) is 1. The molecule has 0 bridgehead atoms. The lowest BCUT2D eigenvalue weighted by molar-refractivity contribution is -0.147. The van der Waals surface area contributed by atoms with E-state index in [1.165, 1.54) is 0 Å². The average molecular weight is 382 g/mol. The molecular formula is C19H28ClN3O3. The van der Waals surface area contributed by atoms with Gasteiger partial charge < -0.3 is 15.3 Å². The van der Waals surface area contributed by atoms with E-state index in [0.29, 0.717) is 24.5 Å². The average Bonchev–Trinajstić information content (AvgIpc) is 3.01. The van der Waals surface area contributed by atoms with Crippen LogP contribution in [0.25, 0.3) is 0 Å². The Morgan fingerprint density at radius 2 is 2.04 bits per heavy atom. The zero-order valence-corrected chi connectivity index (χ0v) is 16.4. The van der Waals surface area contributed by atoms with Crippen molar-refractivity contribution in [2.24, 2.45) is 5.41 Å². The number of likely N-dealkylation sites (tertiary alicyclic amines) is 1. The van der Waals surface area contributed by atoms with Crippen LogP contribution in [-0.2, 0) is 4.79 Å². The molecule has 2 unspecified atom stereocenters. The summed E-state index contributed by atoms with van der Waals surface area (Å²) in [5.74, 6) is -0.852. The number of benzene rings is 1. The molecule has 6 nitrogen and oxygen atoms in total. The number of hydrogen-bond donors (Lipinski definition) is 2. The highest BCUT2D eigenvalue weighted by atomic mass is 35.5. The quantitative estimate of drug-likeness (QED) is 0.760. The summed E-state index contributed by atoms with van der Waals surface area (Å²) in [6.07, 6.45) is 1.49. The summed E-state index contributed by atoms with van der Waals surface area (Å²) >= 11 is 5.99. The number of carbonyl (C=O) groups excluding carboxylic acids is 1. The van der Waals surface area contributed by atoms with E-state index in [9.17, 15) is 14.7 Å². The molecule has 1 aliphatic heterocycles. The molecule has 0 radical (unpaired) electrons. The second-order valence-electron chi connectivity index (χ2n) is 7.27. The maximum absolute atomic E-state index is 12.5. The normalized spacial score (nSPS) is 21.0. The minimum atomic E-state index is -0.855. The molecule has 26 heavy (non-hydrogen) atoms. The maximum atomic E-state index is 12.5. The van der Waals surface area contributed by atoms with Crippen LogP contribution >= 0.6 is 11.6 Å². The van der Waals surface area contributed by atoms with E-state index in [1.807, 2.05) is 31.3 Å². The molecule has 2 amide bonds. The summed E-state index contributed by atoms with van der Waals surface area (Å²) in [5.41, 5.74) is 0.230. The van der Waals surface area contributed by atoms with Crippen molar-refractivity contribution in [1.29, 1.82) is 0 Å². The number of halogens is 1. The van der Waals surface area contributed by atoms with Crippen molar-refractivity contribution in [2.45, 2.75) is 32.7 Å². The topological polar surface area (TPSA) is 72.9 Å². The molecule has 0 aliphatic carbocycles. The van der Waals surface area contributed by atoms with Crippen molar-refractivity contribution in [2.75, 3.05) is 33.2 Å². The van der Waals surface area contributed by atoms with Crippen LogP contribution in [-0.4, -0.2) is 60.1 Å². The molecule has 0 saturated carbocycles. The highest BCUT2D eigenvalue weighted by molar-refractivity contribution is 6.30. The number of nitrogens with one attached hydrogen (secondary N) is 1. The molecule has 1 saturated heterocycles. The summed E-state index contributed by atoms with van der Waals surface area (Å²) in [6.45, 7) is 5.87. The van der Waals surface area contributed by atoms with Crippen LogP contribution in [0.3, 0.4) is 0 Å². The number of rotatable bonds is 7. The fraction of sp³-hybridized carbons (Fsp3) is 0.579. The van der Waals surface area contributed by atoms with Crippen LogP contribution < -0.4 is 5.32 Å². The minimum absolute atomic E-state index is 0.0321. The van der Waals surface area contributed by atoms with Crippen LogP contribution in [0.4, 0.5) is 4.79 Å². The third kappa shape index (κ3) is 4.89. The van der Waals surface area contributed by atoms with Crippen molar-refractivity contribution in [3.63, 3.8) is 0 Å². The Balaban J connectivity index is 2.01. The van der Waals surface area contributed by atoms with Crippen LogP contribution in [0, 0.1) is 5.41 Å². The first-order valence-electron chi connectivity index (χ1n) is 8.98. The monoisotopic (exact) mass is 381 g/mol. The zero-order valence-electron chi connectivity index (χ0n) is 15.7. The number of aliphatic carboxylic acids is 1. The molecule has 1 aromatic rings. The molecule has 2 N–H and O–H groups in total. The minimum Gasteiger partial charge on any atom is -0.481 e. The zero-order chi connectivity index (χ0) is 19.3. The van der Waals surface area contributed by atoms with Crippen molar-refractivity contribution in [3.05, 3.63) is 34.9 Å². The van der Waals surface area contributed by atoms with Crippen molar-refractivity contribution >= 4 is 23.6 Å². The van der Waals surface area contributed by atoms with Gasteiger partial charge in [0.15, 0.2) is 0 Å². The van der Waals surface area contributed by atoms with E-state index in [4.69, 9.17) is 11.6 Å². The van der Waals surface area contributed by atoms with Crippen LogP contribution in [0.1, 0.15) is 38.3 Å². The van der Waals surface area contributed by atoms with Crippen LogP contribution in [0.15, 0.2) is 24.3 Å². The fourth-order valence-electron chi connectivity index (χ4n) is 3.33. The number of carbonyl (C=O) groups is 2. The molecule has 1 aliphatic rings. The highest BCUT2D eigenvalue weighted by Gasteiger charge is 2.42. The summed E-state index contributed by atoms with van der Waals surface area (Å²) in [5, 5.41) is 13.0. The molecule has 0 spiro atoms. The molecule has 1 heterocycles. The van der Waals surface area contributed by atoms with E-state index in [1.54, 1.807) is 11.8 Å². The fourth-order valence-corrected chi connectivity index (χ4v) is 3.45. The predicted molar refractivity (Wildman–Crippen MR) is 102 cm³/mol. The third-order valence-corrected chi connectivity index (χ3v) is 5.34. The van der Waals surface area contributed by atoms with Gasteiger partial charge in [0, 0.05) is 24.7 Å². The van der Waals surface area contributed by atoms with Crippen molar-refractivity contribution in [3.8, 4) is 0 Å². The molecule has 1 aromatic carbocycles. The molecule has 0 aromatic heterocycles. The number of carboxylic acids is 1. The Bertz CT molecular complexity index is 637. The van der Waals surface area contributed by atoms with Gasteiger partial charge in [0.1, 0.15) is 0 Å². The lowest BCUT2D eigenvalue weighted by Crippen LogP contribution is -2.44. The van der Waals surface area contributed by atoms with Gasteiger partial charge in [-0.25, -0.2) is 4.79 Å². The molecular weight excluding hydrogens is 354 g/mol. The van der Waals surface area contributed by atoms with Gasteiger partial charge in [-0.3, -0.25) is 9.69 Å². The number of amides is 2. The Kier molecular flexibility index (Phi) is 6.89. The molecule has 7 heteroatoms. The predicted octanol–water partition coefficient (Wildman–Crippen LogP) is 3.23. The Labute approximate surface area is 160 Å². The maximum Gasteiger partial charge on any atom is 0.317 e. The highest BCUT2D eigenvalue weighted by Crippen LogP contribution is 2.30. The number of nitrogens with zero attached hydrogens (tertiary/aromatic N) is 2. The Hall–Kier alpha value is -1.79. The van der Waals surface area contributed by atoms with Gasteiger partial charge in [0.2, 0.25) is 0 Å². The number of carboxylic acid groups (broad SMARTS) is 1. The third-order valence-electron chi connectivity index (χ3n) is 5.09. The summed E-state index contributed by atoms with van der Waals surface area (Å²) in [7, 11) is 2.03.